The summed E-state index contributed by atoms with van der Waals surface area (Å²) >= 11 is 3.53. The summed E-state index contributed by atoms with van der Waals surface area (Å²) in [6, 6.07) is 14.0. The molecule has 3 aromatic rings. The first-order valence-electron chi connectivity index (χ1n) is 12.8. The van der Waals surface area contributed by atoms with E-state index >= 15 is 0 Å². The number of oxime groups is 1. The number of H-pyrrole nitrogens is 1. The van der Waals surface area contributed by atoms with Gasteiger partial charge in [-0.2, -0.15) is 0 Å². The molecule has 3 aliphatic rings. The van der Waals surface area contributed by atoms with Gasteiger partial charge in [-0.05, 0) is 51.5 Å². The Morgan fingerprint density at radius 2 is 2.03 bits per heavy atom. The minimum Gasteiger partial charge on any atom is -0.494 e. The summed E-state index contributed by atoms with van der Waals surface area (Å²) < 4.78 is 6.47. The Morgan fingerprint density at radius 1 is 1.21 bits per heavy atom. The largest absolute Gasteiger partial charge is 0.494 e. The minimum atomic E-state index is -0.493. The zero-order valence-corrected chi connectivity index (χ0v) is 23.2. The molecule has 2 aromatic carbocycles. The summed E-state index contributed by atoms with van der Waals surface area (Å²) in [6.45, 7) is 8.26. The number of fused-ring (bicyclic) bond motifs is 4. The van der Waals surface area contributed by atoms with Gasteiger partial charge in [-0.1, -0.05) is 39.3 Å². The average molecular weight is 580 g/mol. The molecule has 2 atom stereocenters. The van der Waals surface area contributed by atoms with Gasteiger partial charge in [0.15, 0.2) is 5.88 Å². The minimum absolute atomic E-state index is 0.0417. The maximum atomic E-state index is 12.5. The number of aromatic amines is 1. The van der Waals surface area contributed by atoms with Crippen LogP contribution in [-0.2, 0) is 9.57 Å². The van der Waals surface area contributed by atoms with Crippen molar-refractivity contribution in [1.29, 1.82) is 0 Å². The van der Waals surface area contributed by atoms with Crippen molar-refractivity contribution in [2.24, 2.45) is 10.1 Å². The average Bonchev–Trinajstić information content (AvgIpc) is 3.61. The van der Waals surface area contributed by atoms with Gasteiger partial charge in [0, 0.05) is 52.7 Å². The predicted molar refractivity (Wildman–Crippen MR) is 149 cm³/mol. The molecule has 0 unspecified atom stereocenters. The molecule has 0 radical (unpaired) electrons. The summed E-state index contributed by atoms with van der Waals surface area (Å²) in [5, 5.41) is 16.2. The first kappa shape index (κ1) is 24.9. The van der Waals surface area contributed by atoms with E-state index in [1.165, 1.54) is 0 Å². The first-order valence-corrected chi connectivity index (χ1v) is 13.6. The Morgan fingerprint density at radius 3 is 2.79 bits per heavy atom. The fourth-order valence-electron chi connectivity index (χ4n) is 5.56. The van der Waals surface area contributed by atoms with Crippen LogP contribution in [0.1, 0.15) is 38.3 Å². The van der Waals surface area contributed by atoms with E-state index in [0.29, 0.717) is 42.7 Å². The van der Waals surface area contributed by atoms with E-state index in [2.05, 4.69) is 31.0 Å². The quantitative estimate of drug-likeness (QED) is 0.320. The van der Waals surface area contributed by atoms with Crippen LogP contribution in [0.5, 0.6) is 5.88 Å². The lowest BCUT2D eigenvalue weighted by molar-refractivity contribution is 0.0104. The van der Waals surface area contributed by atoms with E-state index < -0.39 is 5.60 Å². The van der Waals surface area contributed by atoms with Gasteiger partial charge in [0.2, 0.25) is 0 Å². The van der Waals surface area contributed by atoms with Crippen LogP contribution in [0.3, 0.4) is 0 Å². The van der Waals surface area contributed by atoms with Gasteiger partial charge in [-0.3, -0.25) is 4.90 Å². The van der Waals surface area contributed by atoms with Gasteiger partial charge in [0.05, 0.1) is 11.3 Å². The summed E-state index contributed by atoms with van der Waals surface area (Å²) in [4.78, 5) is 30.4. The van der Waals surface area contributed by atoms with Crippen LogP contribution in [-0.4, -0.2) is 81.3 Å². The molecular weight excluding hydrogens is 550 g/mol. The number of benzene rings is 2. The summed E-state index contributed by atoms with van der Waals surface area (Å²) in [5.74, 6) is 0.0417. The highest BCUT2D eigenvalue weighted by atomic mass is 79.9. The van der Waals surface area contributed by atoms with Gasteiger partial charge in [-0.25, -0.2) is 9.79 Å². The molecule has 0 saturated carbocycles. The van der Waals surface area contributed by atoms with Crippen LogP contribution in [0.2, 0.25) is 0 Å². The molecule has 2 bridgehead atoms. The SMILES string of the molecule is CC(C)(C)OC(=O)N1C[C@@H]2C[C@H]1CN2CCO/N=C1/C(c2c(O)[nH]c3ccc(Br)cc23)=Nc2ccccc21. The van der Waals surface area contributed by atoms with Gasteiger partial charge < -0.3 is 24.6 Å². The smallest absolute Gasteiger partial charge is 0.410 e. The van der Waals surface area contributed by atoms with Crippen molar-refractivity contribution >= 4 is 50.0 Å². The molecule has 198 valence electrons. The number of likely N-dealkylation sites (tertiary alicyclic amines) is 2. The van der Waals surface area contributed by atoms with E-state index in [1.54, 1.807) is 0 Å². The lowest BCUT2D eigenvalue weighted by Crippen LogP contribution is -2.50. The second-order valence-electron chi connectivity index (χ2n) is 11.0. The van der Waals surface area contributed by atoms with Crippen molar-refractivity contribution in [3.8, 4) is 5.88 Å². The molecular formula is C28H30BrN5O4. The Kier molecular flexibility index (Phi) is 6.19. The number of hydrogen-bond acceptors (Lipinski definition) is 7. The number of nitrogens with zero attached hydrogens (tertiary/aromatic N) is 4. The number of nitrogens with one attached hydrogen (secondary N) is 1. The number of para-hydroxylation sites is 1. The van der Waals surface area contributed by atoms with Gasteiger partial charge in [-0.15, -0.1) is 0 Å². The molecule has 3 aliphatic heterocycles. The molecule has 2 saturated heterocycles. The van der Waals surface area contributed by atoms with Crippen molar-refractivity contribution in [2.75, 3.05) is 26.2 Å². The number of halogens is 1. The standard InChI is InChI=1S/C28H30BrN5O4/c1-28(2,3)38-27(36)34-15-17-13-18(34)14-33(17)10-11-37-32-24-19-6-4-5-7-21(19)30-25(24)23-20-12-16(29)8-9-22(20)31-26(23)35/h4-9,12,17-18,31,35H,10-11,13-15H2,1-3H3/b32-24+/t17-,18-/m0/s1. The molecule has 4 heterocycles. The molecule has 2 fully saturated rings. The highest BCUT2D eigenvalue weighted by Crippen LogP contribution is 2.37. The van der Waals surface area contributed by atoms with E-state index in [1.807, 2.05) is 68.1 Å². The maximum absolute atomic E-state index is 12.5. The summed E-state index contributed by atoms with van der Waals surface area (Å²) in [7, 11) is 0. The summed E-state index contributed by atoms with van der Waals surface area (Å²) in [6.07, 6.45) is 0.722. The number of ether oxygens (including phenoxy) is 1. The molecule has 6 rings (SSSR count). The number of amides is 1. The molecule has 2 N–H and O–H groups in total. The topological polar surface area (TPSA) is 103 Å². The number of aromatic nitrogens is 1. The Hall–Kier alpha value is -3.37. The fraction of sp³-hybridized carbons (Fsp3) is 0.393. The molecule has 9 nitrogen and oxygen atoms in total. The number of carbonyl (C=O) groups excluding carboxylic acids is 1. The lowest BCUT2D eigenvalue weighted by atomic mass is 10.0. The van der Waals surface area contributed by atoms with Crippen LogP contribution in [0.4, 0.5) is 10.5 Å². The van der Waals surface area contributed by atoms with Crippen molar-refractivity contribution in [3.63, 3.8) is 0 Å². The molecule has 38 heavy (non-hydrogen) atoms. The second kappa shape index (κ2) is 9.43. The predicted octanol–water partition coefficient (Wildman–Crippen LogP) is 5.18. The zero-order valence-electron chi connectivity index (χ0n) is 21.6. The maximum Gasteiger partial charge on any atom is 0.410 e. The number of aromatic hydroxyl groups is 1. The van der Waals surface area contributed by atoms with Crippen molar-refractivity contribution in [3.05, 3.63) is 58.1 Å². The number of rotatable bonds is 5. The second-order valence-corrected chi connectivity index (χ2v) is 11.9. The molecule has 0 spiro atoms. The monoisotopic (exact) mass is 579 g/mol. The van der Waals surface area contributed by atoms with Crippen LogP contribution in [0.25, 0.3) is 10.9 Å². The Balaban J connectivity index is 1.15. The zero-order chi connectivity index (χ0) is 26.6. The van der Waals surface area contributed by atoms with E-state index in [9.17, 15) is 9.90 Å². The van der Waals surface area contributed by atoms with Gasteiger partial charge in [0.1, 0.15) is 23.6 Å². The number of carbonyl (C=O) groups is 1. The highest BCUT2D eigenvalue weighted by Gasteiger charge is 2.46. The van der Waals surface area contributed by atoms with Crippen molar-refractivity contribution < 1.29 is 19.5 Å². The van der Waals surface area contributed by atoms with Gasteiger partial charge >= 0.3 is 6.09 Å². The number of aliphatic imine (C=N–C) groups is 1. The Bertz CT molecular complexity index is 1470. The van der Waals surface area contributed by atoms with Crippen LogP contribution in [0, 0.1) is 0 Å². The first-order chi connectivity index (χ1) is 18.2. The molecule has 1 aromatic heterocycles. The third-order valence-corrected chi connectivity index (χ3v) is 7.69. The number of hydrogen-bond donors (Lipinski definition) is 2. The van der Waals surface area contributed by atoms with E-state index in [4.69, 9.17) is 14.6 Å². The van der Waals surface area contributed by atoms with Crippen LogP contribution >= 0.6 is 15.9 Å². The van der Waals surface area contributed by atoms with Gasteiger partial charge in [0.25, 0.3) is 0 Å². The third-order valence-electron chi connectivity index (χ3n) is 7.20. The normalized spacial score (nSPS) is 21.8. The lowest BCUT2D eigenvalue weighted by Gasteiger charge is -2.34. The van der Waals surface area contributed by atoms with E-state index in [0.717, 1.165) is 39.6 Å². The fourth-order valence-corrected chi connectivity index (χ4v) is 5.93. The number of piperazine rings is 1. The molecule has 0 aliphatic carbocycles. The van der Waals surface area contributed by atoms with Crippen molar-refractivity contribution in [1.82, 2.24) is 14.8 Å². The third kappa shape index (κ3) is 4.56. The van der Waals surface area contributed by atoms with Crippen LogP contribution < -0.4 is 0 Å². The Labute approximate surface area is 229 Å². The molecule has 10 heteroatoms. The highest BCUT2D eigenvalue weighted by molar-refractivity contribution is 9.10. The van der Waals surface area contributed by atoms with E-state index in [-0.39, 0.29) is 18.0 Å². The molecule has 1 amide bonds. The van der Waals surface area contributed by atoms with Crippen molar-refractivity contribution in [2.45, 2.75) is 44.9 Å². The van der Waals surface area contributed by atoms with Crippen LogP contribution in [0.15, 0.2) is 57.1 Å². The summed E-state index contributed by atoms with van der Waals surface area (Å²) in [5.41, 5.74) is 3.72.